The van der Waals surface area contributed by atoms with E-state index in [0.29, 0.717) is 22.2 Å². The number of pyridine rings is 3. The summed E-state index contributed by atoms with van der Waals surface area (Å²) in [5.41, 5.74) is 4.43. The summed E-state index contributed by atoms with van der Waals surface area (Å²) in [7, 11) is 0. The Morgan fingerprint density at radius 3 is 2.71 bits per heavy atom. The van der Waals surface area contributed by atoms with E-state index < -0.39 is 5.82 Å². The lowest BCUT2D eigenvalue weighted by Gasteiger charge is -2.08. The van der Waals surface area contributed by atoms with Crippen molar-refractivity contribution in [3.05, 3.63) is 78.5 Å². The van der Waals surface area contributed by atoms with Crippen molar-refractivity contribution in [1.82, 2.24) is 19.9 Å². The summed E-state index contributed by atoms with van der Waals surface area (Å²) in [5.74, 6) is -0.436. The number of aromatic amines is 1. The summed E-state index contributed by atoms with van der Waals surface area (Å²) < 4.78 is 15.0. The molecule has 5 nitrogen and oxygen atoms in total. The zero-order valence-electron chi connectivity index (χ0n) is 14.7. The second-order valence-corrected chi connectivity index (χ2v) is 6.51. The second kappa shape index (κ2) is 6.51. The maximum atomic E-state index is 15.0. The predicted molar refractivity (Wildman–Crippen MR) is 106 cm³/mol. The van der Waals surface area contributed by atoms with Crippen LogP contribution in [-0.2, 0) is 6.61 Å². The van der Waals surface area contributed by atoms with Crippen LogP contribution < -0.4 is 0 Å². The van der Waals surface area contributed by atoms with Crippen LogP contribution in [0.15, 0.2) is 67.1 Å². The van der Waals surface area contributed by atoms with E-state index in [1.165, 1.54) is 6.07 Å². The minimum Gasteiger partial charge on any atom is -0.392 e. The van der Waals surface area contributed by atoms with Gasteiger partial charge < -0.3 is 10.1 Å². The topological polar surface area (TPSA) is 74.7 Å². The van der Waals surface area contributed by atoms with Gasteiger partial charge in [-0.15, -0.1) is 0 Å². The molecule has 5 aromatic rings. The first kappa shape index (κ1) is 16.5. The van der Waals surface area contributed by atoms with Crippen LogP contribution in [0.25, 0.3) is 44.5 Å². The van der Waals surface area contributed by atoms with Crippen molar-refractivity contribution in [2.24, 2.45) is 0 Å². The quantitative estimate of drug-likeness (QED) is 0.491. The molecule has 0 aliphatic rings. The number of aromatic nitrogens is 4. The Labute approximate surface area is 159 Å². The van der Waals surface area contributed by atoms with Gasteiger partial charge in [-0.05, 0) is 29.8 Å². The molecule has 0 bridgehead atoms. The third kappa shape index (κ3) is 2.62. The summed E-state index contributed by atoms with van der Waals surface area (Å²) in [5, 5.41) is 11.1. The first-order valence-electron chi connectivity index (χ1n) is 8.82. The van der Waals surface area contributed by atoms with Crippen molar-refractivity contribution >= 4 is 21.9 Å². The van der Waals surface area contributed by atoms with Crippen molar-refractivity contribution in [3.8, 4) is 22.5 Å². The standard InChI is InChI=1S/C22H15FN4O/c23-18-8-17-16-9-19(13-5-3-7-24-10-13)25-11-20(16)26-22(17)27-21(18)15-6-2-1-4-14(15)12-28/h1-11,28H,12H2,(H,26,27). The molecule has 2 N–H and O–H groups in total. The fraction of sp³-hybridized carbons (Fsp3) is 0.0455. The van der Waals surface area contributed by atoms with Gasteiger partial charge in [-0.3, -0.25) is 9.97 Å². The molecule has 6 heteroatoms. The SMILES string of the molecule is OCc1ccccc1-c1nc2[nH]c3cnc(-c4cccnc4)cc3c2cc1F. The maximum Gasteiger partial charge on any atom is 0.150 e. The molecular weight excluding hydrogens is 355 g/mol. The number of aliphatic hydroxyl groups excluding tert-OH is 1. The van der Waals surface area contributed by atoms with Crippen molar-refractivity contribution in [1.29, 1.82) is 0 Å². The van der Waals surface area contributed by atoms with Crippen LogP contribution in [0.3, 0.4) is 0 Å². The maximum absolute atomic E-state index is 15.0. The third-order valence-corrected chi connectivity index (χ3v) is 4.82. The Kier molecular flexibility index (Phi) is 3.84. The molecule has 0 unspecified atom stereocenters. The predicted octanol–water partition coefficient (Wildman–Crippen LogP) is 4.47. The molecule has 0 atom stereocenters. The summed E-state index contributed by atoms with van der Waals surface area (Å²) in [6.45, 7) is -0.180. The Morgan fingerprint density at radius 1 is 1.00 bits per heavy atom. The molecule has 136 valence electrons. The first-order valence-corrected chi connectivity index (χ1v) is 8.82. The molecule has 0 amide bonds. The van der Waals surface area contributed by atoms with Crippen LogP contribution in [0, 0.1) is 5.82 Å². The van der Waals surface area contributed by atoms with Crippen LogP contribution in [0.5, 0.6) is 0 Å². The Bertz CT molecular complexity index is 1310. The Balaban J connectivity index is 1.72. The lowest BCUT2D eigenvalue weighted by molar-refractivity contribution is 0.282. The number of H-pyrrole nitrogens is 1. The van der Waals surface area contributed by atoms with Gasteiger partial charge in [0.25, 0.3) is 0 Å². The highest BCUT2D eigenvalue weighted by Crippen LogP contribution is 2.32. The molecule has 0 radical (unpaired) electrons. The first-order chi connectivity index (χ1) is 13.7. The number of aliphatic hydroxyl groups is 1. The van der Waals surface area contributed by atoms with Crippen molar-refractivity contribution in [2.75, 3.05) is 0 Å². The molecule has 4 heterocycles. The number of nitrogens with zero attached hydrogens (tertiary/aromatic N) is 3. The smallest absolute Gasteiger partial charge is 0.150 e. The van der Waals surface area contributed by atoms with E-state index in [4.69, 9.17) is 0 Å². The molecule has 4 aromatic heterocycles. The molecule has 0 aliphatic carbocycles. The zero-order valence-corrected chi connectivity index (χ0v) is 14.7. The van der Waals surface area contributed by atoms with Crippen molar-refractivity contribution in [3.63, 3.8) is 0 Å². The second-order valence-electron chi connectivity index (χ2n) is 6.51. The van der Waals surface area contributed by atoms with E-state index in [1.54, 1.807) is 42.9 Å². The highest BCUT2D eigenvalue weighted by atomic mass is 19.1. The van der Waals surface area contributed by atoms with E-state index >= 15 is 0 Å². The highest BCUT2D eigenvalue weighted by molar-refractivity contribution is 6.07. The lowest BCUT2D eigenvalue weighted by Crippen LogP contribution is -1.95. The highest BCUT2D eigenvalue weighted by Gasteiger charge is 2.16. The number of hydrogen-bond acceptors (Lipinski definition) is 4. The van der Waals surface area contributed by atoms with Gasteiger partial charge in [-0.2, -0.15) is 0 Å². The lowest BCUT2D eigenvalue weighted by atomic mass is 10.0. The molecule has 0 fully saturated rings. The van der Waals surface area contributed by atoms with Crippen LogP contribution >= 0.6 is 0 Å². The molecule has 5 rings (SSSR count). The molecule has 28 heavy (non-hydrogen) atoms. The minimum absolute atomic E-state index is 0.180. The normalized spacial score (nSPS) is 11.4. The molecule has 0 saturated heterocycles. The third-order valence-electron chi connectivity index (χ3n) is 4.82. The summed E-state index contributed by atoms with van der Waals surface area (Å²) in [4.78, 5) is 16.3. The van der Waals surface area contributed by atoms with Gasteiger partial charge in [-0.25, -0.2) is 9.37 Å². The van der Waals surface area contributed by atoms with E-state index in [0.717, 1.165) is 22.2 Å². The minimum atomic E-state index is -0.436. The zero-order chi connectivity index (χ0) is 19.1. The van der Waals surface area contributed by atoms with Gasteiger partial charge in [0.1, 0.15) is 17.2 Å². The number of rotatable bonds is 3. The number of nitrogens with one attached hydrogen (secondary N) is 1. The fourth-order valence-electron chi connectivity index (χ4n) is 3.45. The molecule has 1 aromatic carbocycles. The van der Waals surface area contributed by atoms with Gasteiger partial charge in [0, 0.05) is 34.3 Å². The van der Waals surface area contributed by atoms with Crippen LogP contribution in [0.1, 0.15) is 5.56 Å². The molecule has 0 saturated carbocycles. The average molecular weight is 370 g/mol. The summed E-state index contributed by atoms with van der Waals surface area (Å²) in [6, 6.07) is 14.3. The Morgan fingerprint density at radius 2 is 1.89 bits per heavy atom. The van der Waals surface area contributed by atoms with Gasteiger partial charge in [0.05, 0.1) is 24.0 Å². The van der Waals surface area contributed by atoms with Crippen LogP contribution in [-0.4, -0.2) is 25.0 Å². The Hall–Kier alpha value is -3.64. The van der Waals surface area contributed by atoms with E-state index in [9.17, 15) is 9.50 Å². The largest absolute Gasteiger partial charge is 0.392 e. The average Bonchev–Trinajstić information content (AvgIpc) is 3.10. The van der Waals surface area contributed by atoms with E-state index in [2.05, 4.69) is 19.9 Å². The number of halogens is 1. The molecule has 0 aliphatic heterocycles. The molecular formula is C22H15FN4O. The van der Waals surface area contributed by atoms with E-state index in [-0.39, 0.29) is 12.3 Å². The summed E-state index contributed by atoms with van der Waals surface area (Å²) >= 11 is 0. The van der Waals surface area contributed by atoms with Gasteiger partial charge >= 0.3 is 0 Å². The van der Waals surface area contributed by atoms with Gasteiger partial charge in [0.15, 0.2) is 0 Å². The number of fused-ring (bicyclic) bond motifs is 3. The van der Waals surface area contributed by atoms with Crippen LogP contribution in [0.2, 0.25) is 0 Å². The number of hydrogen-bond donors (Lipinski definition) is 2. The monoisotopic (exact) mass is 370 g/mol. The van der Waals surface area contributed by atoms with Crippen LogP contribution in [0.4, 0.5) is 4.39 Å². The van der Waals surface area contributed by atoms with Gasteiger partial charge in [0.2, 0.25) is 0 Å². The van der Waals surface area contributed by atoms with Crippen molar-refractivity contribution in [2.45, 2.75) is 6.61 Å². The fourth-order valence-corrected chi connectivity index (χ4v) is 3.45. The summed E-state index contributed by atoms with van der Waals surface area (Å²) in [6.07, 6.45) is 5.17. The van der Waals surface area contributed by atoms with Gasteiger partial charge in [-0.1, -0.05) is 24.3 Å². The molecule has 0 spiro atoms. The van der Waals surface area contributed by atoms with E-state index in [1.807, 2.05) is 18.2 Å². The van der Waals surface area contributed by atoms with Crippen molar-refractivity contribution < 1.29 is 9.50 Å². The number of benzene rings is 1.